The van der Waals surface area contributed by atoms with Gasteiger partial charge in [-0.2, -0.15) is 0 Å². The van der Waals surface area contributed by atoms with Crippen LogP contribution in [0.2, 0.25) is 0 Å². The minimum absolute atomic E-state index is 0.163. The van der Waals surface area contributed by atoms with Gasteiger partial charge in [-0.1, -0.05) is 107 Å². The summed E-state index contributed by atoms with van der Waals surface area (Å²) in [6.45, 7) is 0. The molecule has 0 spiro atoms. The van der Waals surface area contributed by atoms with Crippen molar-refractivity contribution < 1.29 is 0 Å². The first kappa shape index (κ1) is 14.1. The smallest absolute Gasteiger partial charge is 0.0547 e. The molecule has 0 radical (unpaired) electrons. The van der Waals surface area contributed by atoms with Gasteiger partial charge in [0.25, 0.3) is 0 Å². The van der Waals surface area contributed by atoms with Gasteiger partial charge in [0.2, 0.25) is 0 Å². The Morgan fingerprint density at radius 1 is 0.524 bits per heavy atom. The standard InChI is InChI=1S/C20H17Br/c21-16-20(17-10-4-1-5-11-17,18-12-6-2-7-13-18)19-14-8-3-9-15-19/h1-15H,16H2. The number of halogens is 1. The average molecular weight is 337 g/mol. The lowest BCUT2D eigenvalue weighted by molar-refractivity contribution is 0.710. The van der Waals surface area contributed by atoms with Crippen molar-refractivity contribution in [3.05, 3.63) is 108 Å². The predicted molar refractivity (Wildman–Crippen MR) is 93.0 cm³/mol. The third kappa shape index (κ3) is 2.54. The van der Waals surface area contributed by atoms with Gasteiger partial charge in [0.05, 0.1) is 5.41 Å². The Balaban J connectivity index is 2.29. The minimum atomic E-state index is -0.163. The molecule has 3 rings (SSSR count). The lowest BCUT2D eigenvalue weighted by Gasteiger charge is -2.34. The maximum absolute atomic E-state index is 3.78. The fourth-order valence-corrected chi connectivity index (χ4v) is 3.87. The highest BCUT2D eigenvalue weighted by Crippen LogP contribution is 2.40. The number of rotatable bonds is 4. The molecular formula is C20H17Br. The van der Waals surface area contributed by atoms with Gasteiger partial charge in [0, 0.05) is 5.33 Å². The maximum atomic E-state index is 3.78. The molecule has 3 aromatic rings. The molecule has 0 atom stereocenters. The molecule has 0 fully saturated rings. The van der Waals surface area contributed by atoms with Crippen LogP contribution in [0.5, 0.6) is 0 Å². The minimum Gasteiger partial charge on any atom is -0.0911 e. The van der Waals surface area contributed by atoms with Crippen LogP contribution in [0, 0.1) is 0 Å². The Morgan fingerprint density at radius 3 is 1.05 bits per heavy atom. The molecule has 0 nitrogen and oxygen atoms in total. The zero-order valence-corrected chi connectivity index (χ0v) is 13.3. The van der Waals surface area contributed by atoms with Crippen molar-refractivity contribution in [3.63, 3.8) is 0 Å². The van der Waals surface area contributed by atoms with Crippen molar-refractivity contribution in [2.45, 2.75) is 5.41 Å². The Morgan fingerprint density at radius 2 is 0.810 bits per heavy atom. The number of alkyl halides is 1. The Labute approximate surface area is 134 Å². The van der Waals surface area contributed by atoms with Gasteiger partial charge in [-0.3, -0.25) is 0 Å². The lowest BCUT2D eigenvalue weighted by Crippen LogP contribution is -2.31. The molecule has 0 aliphatic rings. The summed E-state index contributed by atoms with van der Waals surface area (Å²) in [6.07, 6.45) is 0. The second-order valence-corrected chi connectivity index (χ2v) is 5.70. The fourth-order valence-electron chi connectivity index (χ4n) is 2.90. The van der Waals surface area contributed by atoms with E-state index in [0.717, 1.165) is 5.33 Å². The van der Waals surface area contributed by atoms with Crippen LogP contribution in [0.3, 0.4) is 0 Å². The van der Waals surface area contributed by atoms with Gasteiger partial charge in [-0.15, -0.1) is 0 Å². The van der Waals surface area contributed by atoms with E-state index in [9.17, 15) is 0 Å². The van der Waals surface area contributed by atoms with E-state index in [1.807, 2.05) is 0 Å². The topological polar surface area (TPSA) is 0 Å². The van der Waals surface area contributed by atoms with Crippen molar-refractivity contribution in [3.8, 4) is 0 Å². The summed E-state index contributed by atoms with van der Waals surface area (Å²) in [4.78, 5) is 0. The van der Waals surface area contributed by atoms with Crippen LogP contribution in [-0.2, 0) is 5.41 Å². The highest BCUT2D eigenvalue weighted by Gasteiger charge is 2.34. The van der Waals surface area contributed by atoms with E-state index in [4.69, 9.17) is 0 Å². The van der Waals surface area contributed by atoms with Crippen LogP contribution in [0.1, 0.15) is 16.7 Å². The molecule has 0 bridgehead atoms. The van der Waals surface area contributed by atoms with Gasteiger partial charge in [0.1, 0.15) is 0 Å². The molecule has 0 aliphatic heterocycles. The van der Waals surface area contributed by atoms with Crippen LogP contribution in [0.25, 0.3) is 0 Å². The second-order valence-electron chi connectivity index (χ2n) is 5.14. The molecule has 104 valence electrons. The molecule has 1 heteroatoms. The van der Waals surface area contributed by atoms with Crippen molar-refractivity contribution in [1.82, 2.24) is 0 Å². The summed E-state index contributed by atoms with van der Waals surface area (Å²) in [6, 6.07) is 32.1. The maximum Gasteiger partial charge on any atom is 0.0547 e. The summed E-state index contributed by atoms with van der Waals surface area (Å²) >= 11 is 3.78. The van der Waals surface area contributed by atoms with Crippen LogP contribution < -0.4 is 0 Å². The zero-order chi connectivity index (χ0) is 14.5. The van der Waals surface area contributed by atoms with Crippen molar-refractivity contribution in [2.75, 3.05) is 5.33 Å². The van der Waals surface area contributed by atoms with Crippen LogP contribution in [0.4, 0.5) is 0 Å². The third-order valence-corrected chi connectivity index (χ3v) is 4.84. The Hall–Kier alpha value is -1.86. The first-order chi connectivity index (χ1) is 10.4. The summed E-state index contributed by atoms with van der Waals surface area (Å²) in [5.41, 5.74) is 3.75. The molecule has 0 N–H and O–H groups in total. The zero-order valence-electron chi connectivity index (χ0n) is 11.7. The molecule has 0 saturated heterocycles. The van der Waals surface area contributed by atoms with E-state index < -0.39 is 0 Å². The fraction of sp³-hybridized carbons (Fsp3) is 0.100. The van der Waals surface area contributed by atoms with Crippen molar-refractivity contribution >= 4 is 15.9 Å². The van der Waals surface area contributed by atoms with E-state index in [1.165, 1.54) is 16.7 Å². The highest BCUT2D eigenvalue weighted by molar-refractivity contribution is 9.09. The van der Waals surface area contributed by atoms with Crippen LogP contribution >= 0.6 is 15.9 Å². The summed E-state index contributed by atoms with van der Waals surface area (Å²) in [5.74, 6) is 0. The molecule has 0 unspecified atom stereocenters. The number of hydrogen-bond acceptors (Lipinski definition) is 0. The highest BCUT2D eigenvalue weighted by atomic mass is 79.9. The largest absolute Gasteiger partial charge is 0.0911 e. The van der Waals surface area contributed by atoms with E-state index in [0.29, 0.717) is 0 Å². The molecule has 21 heavy (non-hydrogen) atoms. The van der Waals surface area contributed by atoms with E-state index in [2.05, 4.69) is 107 Å². The summed E-state index contributed by atoms with van der Waals surface area (Å²) in [7, 11) is 0. The van der Waals surface area contributed by atoms with Crippen LogP contribution in [0.15, 0.2) is 91.0 Å². The van der Waals surface area contributed by atoms with Gasteiger partial charge < -0.3 is 0 Å². The van der Waals surface area contributed by atoms with Crippen LogP contribution in [-0.4, -0.2) is 5.33 Å². The Kier molecular flexibility index (Phi) is 4.21. The summed E-state index contributed by atoms with van der Waals surface area (Å²) in [5, 5.41) is 0.845. The first-order valence-corrected chi connectivity index (χ1v) is 8.22. The quantitative estimate of drug-likeness (QED) is 0.441. The summed E-state index contributed by atoms with van der Waals surface area (Å²) < 4.78 is 0. The van der Waals surface area contributed by atoms with Gasteiger partial charge >= 0.3 is 0 Å². The third-order valence-electron chi connectivity index (χ3n) is 4.00. The molecular weight excluding hydrogens is 320 g/mol. The molecule has 0 aromatic heterocycles. The van der Waals surface area contributed by atoms with Gasteiger partial charge in [-0.05, 0) is 16.7 Å². The van der Waals surface area contributed by atoms with Crippen molar-refractivity contribution in [2.24, 2.45) is 0 Å². The van der Waals surface area contributed by atoms with Crippen molar-refractivity contribution in [1.29, 1.82) is 0 Å². The predicted octanol–water partition coefficient (Wildman–Crippen LogP) is 5.42. The number of benzene rings is 3. The molecule has 0 amide bonds. The van der Waals surface area contributed by atoms with E-state index >= 15 is 0 Å². The average Bonchev–Trinajstić information content (AvgIpc) is 2.59. The van der Waals surface area contributed by atoms with Gasteiger partial charge in [-0.25, -0.2) is 0 Å². The first-order valence-electron chi connectivity index (χ1n) is 7.10. The number of hydrogen-bond donors (Lipinski definition) is 0. The van der Waals surface area contributed by atoms with E-state index in [-0.39, 0.29) is 5.41 Å². The molecule has 0 aliphatic carbocycles. The molecule has 0 heterocycles. The Bertz CT molecular complexity index is 578. The second kappa shape index (κ2) is 6.28. The van der Waals surface area contributed by atoms with E-state index in [1.54, 1.807) is 0 Å². The molecule has 0 saturated carbocycles. The SMILES string of the molecule is BrCC(c1ccccc1)(c1ccccc1)c1ccccc1. The normalized spacial score (nSPS) is 11.3. The van der Waals surface area contributed by atoms with Gasteiger partial charge in [0.15, 0.2) is 0 Å². The molecule has 3 aromatic carbocycles. The lowest BCUT2D eigenvalue weighted by atomic mass is 9.71. The monoisotopic (exact) mass is 336 g/mol.